The molecule has 0 saturated heterocycles. The second kappa shape index (κ2) is 8.70. The van der Waals surface area contributed by atoms with E-state index >= 15 is 0 Å². The van der Waals surface area contributed by atoms with Gasteiger partial charge in [0.2, 0.25) is 5.91 Å². The van der Waals surface area contributed by atoms with Crippen molar-refractivity contribution in [2.75, 3.05) is 11.9 Å². The number of carbonyl (C=O) groups is 3. The number of nitrogens with one attached hydrogen (secondary N) is 1. The summed E-state index contributed by atoms with van der Waals surface area (Å²) in [5, 5.41) is 15.1. The first-order valence-electron chi connectivity index (χ1n) is 11.1. The number of thiophene rings is 1. The number of fused-ring (bicyclic) bond motifs is 2. The highest BCUT2D eigenvalue weighted by atomic mass is 32.1. The number of ether oxygens (including phenoxy) is 1. The Labute approximate surface area is 192 Å². The van der Waals surface area contributed by atoms with Crippen LogP contribution in [0.15, 0.2) is 18.2 Å². The van der Waals surface area contributed by atoms with Gasteiger partial charge in [-0.05, 0) is 75.5 Å². The van der Waals surface area contributed by atoms with Crippen LogP contribution in [0.5, 0.6) is 0 Å². The molecule has 2 fully saturated rings. The lowest BCUT2D eigenvalue weighted by molar-refractivity contribution is -0.314. The van der Waals surface area contributed by atoms with Gasteiger partial charge in [0.15, 0.2) is 0 Å². The SMILES string of the molecule is CCOC(=O)c1c(NC(=O)C2C3CCC(C3)C2C(=O)[O-])sc(C)c1-c1ccc(C)c(C)c1. The highest BCUT2D eigenvalue weighted by molar-refractivity contribution is 7.17. The Morgan fingerprint density at radius 1 is 1.09 bits per heavy atom. The molecule has 2 bridgehead atoms. The van der Waals surface area contributed by atoms with Crippen LogP contribution in [0.4, 0.5) is 5.00 Å². The smallest absolute Gasteiger partial charge is 0.341 e. The summed E-state index contributed by atoms with van der Waals surface area (Å²) in [7, 11) is 0. The molecule has 7 heteroatoms. The van der Waals surface area contributed by atoms with E-state index in [2.05, 4.69) is 5.32 Å². The van der Waals surface area contributed by atoms with Crippen molar-refractivity contribution in [1.82, 2.24) is 0 Å². The van der Waals surface area contributed by atoms with E-state index in [1.165, 1.54) is 11.3 Å². The number of rotatable bonds is 6. The Hall–Kier alpha value is -2.67. The molecule has 1 aromatic carbocycles. The molecule has 0 aliphatic heterocycles. The zero-order valence-corrected chi connectivity index (χ0v) is 19.6. The van der Waals surface area contributed by atoms with E-state index in [0.717, 1.165) is 46.4 Å². The fourth-order valence-corrected chi connectivity index (χ4v) is 6.55. The lowest BCUT2D eigenvalue weighted by Crippen LogP contribution is -2.44. The molecular formula is C25H28NO5S-. The van der Waals surface area contributed by atoms with Crippen molar-refractivity contribution in [3.05, 3.63) is 39.8 Å². The van der Waals surface area contributed by atoms with Gasteiger partial charge in [0.25, 0.3) is 0 Å². The summed E-state index contributed by atoms with van der Waals surface area (Å²) in [5.41, 5.74) is 4.22. The summed E-state index contributed by atoms with van der Waals surface area (Å²) in [6, 6.07) is 6.00. The number of hydrogen-bond donors (Lipinski definition) is 1. The topological polar surface area (TPSA) is 95.5 Å². The summed E-state index contributed by atoms with van der Waals surface area (Å²) >= 11 is 1.32. The van der Waals surface area contributed by atoms with Crippen LogP contribution in [0.2, 0.25) is 0 Å². The van der Waals surface area contributed by atoms with Crippen LogP contribution in [0, 0.1) is 44.4 Å². The molecule has 4 atom stereocenters. The lowest BCUT2D eigenvalue weighted by atomic mass is 9.78. The van der Waals surface area contributed by atoms with Gasteiger partial charge in [-0.3, -0.25) is 4.79 Å². The third-order valence-corrected chi connectivity index (χ3v) is 8.11. The molecular weight excluding hydrogens is 426 g/mol. The predicted molar refractivity (Wildman–Crippen MR) is 121 cm³/mol. The Morgan fingerprint density at radius 2 is 1.78 bits per heavy atom. The van der Waals surface area contributed by atoms with E-state index in [1.807, 2.05) is 39.0 Å². The molecule has 0 radical (unpaired) electrons. The lowest BCUT2D eigenvalue weighted by Gasteiger charge is -2.30. The summed E-state index contributed by atoms with van der Waals surface area (Å²) < 4.78 is 5.33. The monoisotopic (exact) mass is 454 g/mol. The maximum absolute atomic E-state index is 13.3. The Morgan fingerprint density at radius 3 is 2.41 bits per heavy atom. The third-order valence-electron chi connectivity index (χ3n) is 7.09. The van der Waals surface area contributed by atoms with Crippen LogP contribution >= 0.6 is 11.3 Å². The standard InChI is InChI=1S/C25H29NO5S/c1-5-31-25(30)21-18(15-7-6-12(2)13(3)10-15)14(4)32-23(21)26-22(27)19-16-8-9-17(11-16)20(19)24(28)29/h6-7,10,16-17,19-20H,5,8-9,11H2,1-4H3,(H,26,27)(H,28,29)/p-1. The minimum absolute atomic E-state index is 0.00134. The van der Waals surface area contributed by atoms with Crippen molar-refractivity contribution in [3.63, 3.8) is 0 Å². The summed E-state index contributed by atoms with van der Waals surface area (Å²) in [6.45, 7) is 7.91. The number of benzene rings is 1. The molecule has 1 N–H and O–H groups in total. The second-order valence-corrected chi connectivity index (χ2v) is 10.2. The molecule has 6 nitrogen and oxygen atoms in total. The van der Waals surface area contributed by atoms with E-state index < -0.39 is 23.8 Å². The van der Waals surface area contributed by atoms with E-state index in [-0.39, 0.29) is 24.3 Å². The van der Waals surface area contributed by atoms with Crippen LogP contribution in [0.25, 0.3) is 11.1 Å². The summed E-state index contributed by atoms with van der Waals surface area (Å²) in [5.74, 6) is -3.33. The predicted octanol–water partition coefficient (Wildman–Crippen LogP) is 3.87. The molecule has 2 aromatic rings. The minimum Gasteiger partial charge on any atom is -0.550 e. The number of esters is 1. The maximum Gasteiger partial charge on any atom is 0.341 e. The van der Waals surface area contributed by atoms with Gasteiger partial charge in [-0.15, -0.1) is 11.3 Å². The van der Waals surface area contributed by atoms with Gasteiger partial charge < -0.3 is 20.0 Å². The van der Waals surface area contributed by atoms with E-state index in [1.54, 1.807) is 6.92 Å². The Bertz CT molecular complexity index is 1090. The van der Waals surface area contributed by atoms with Crippen LogP contribution in [-0.2, 0) is 14.3 Å². The average molecular weight is 455 g/mol. The van der Waals surface area contributed by atoms with Gasteiger partial charge in [0.1, 0.15) is 10.6 Å². The van der Waals surface area contributed by atoms with Crippen molar-refractivity contribution in [2.45, 2.75) is 47.0 Å². The molecule has 2 saturated carbocycles. The number of carbonyl (C=O) groups excluding carboxylic acids is 3. The number of carboxylic acids is 1. The molecule has 0 spiro atoms. The van der Waals surface area contributed by atoms with E-state index in [9.17, 15) is 19.5 Å². The normalized spacial score (nSPS) is 23.9. The van der Waals surface area contributed by atoms with Gasteiger partial charge in [0.05, 0.1) is 6.61 Å². The van der Waals surface area contributed by atoms with Gasteiger partial charge in [-0.1, -0.05) is 18.2 Å². The van der Waals surface area contributed by atoms with Crippen LogP contribution < -0.4 is 10.4 Å². The fourth-order valence-electron chi connectivity index (χ4n) is 5.48. The summed E-state index contributed by atoms with van der Waals surface area (Å²) in [4.78, 5) is 38.9. The zero-order valence-electron chi connectivity index (χ0n) is 18.8. The molecule has 170 valence electrons. The van der Waals surface area contributed by atoms with Gasteiger partial charge in [-0.2, -0.15) is 0 Å². The van der Waals surface area contributed by atoms with Gasteiger partial charge >= 0.3 is 5.97 Å². The average Bonchev–Trinajstić information content (AvgIpc) is 3.43. The highest BCUT2D eigenvalue weighted by Gasteiger charge is 2.51. The van der Waals surface area contributed by atoms with Crippen molar-refractivity contribution < 1.29 is 24.2 Å². The maximum atomic E-state index is 13.3. The van der Waals surface area contributed by atoms with Crippen molar-refractivity contribution in [2.24, 2.45) is 23.7 Å². The largest absolute Gasteiger partial charge is 0.550 e. The number of carboxylic acid groups (broad SMARTS) is 1. The van der Waals surface area contributed by atoms with Crippen LogP contribution in [0.1, 0.15) is 52.5 Å². The highest BCUT2D eigenvalue weighted by Crippen LogP contribution is 2.53. The minimum atomic E-state index is -1.15. The number of aliphatic carboxylic acids is 1. The van der Waals surface area contributed by atoms with Crippen molar-refractivity contribution in [3.8, 4) is 11.1 Å². The van der Waals surface area contributed by atoms with Crippen molar-refractivity contribution >= 4 is 34.2 Å². The molecule has 2 aliphatic carbocycles. The third kappa shape index (κ3) is 3.83. The first-order valence-corrected chi connectivity index (χ1v) is 11.9. The molecule has 1 aromatic heterocycles. The number of hydrogen-bond acceptors (Lipinski definition) is 6. The van der Waals surface area contributed by atoms with Gasteiger partial charge in [-0.25, -0.2) is 4.79 Å². The van der Waals surface area contributed by atoms with E-state index in [4.69, 9.17) is 4.74 Å². The number of amides is 1. The summed E-state index contributed by atoms with van der Waals surface area (Å²) in [6.07, 6.45) is 2.43. The quantitative estimate of drug-likeness (QED) is 0.669. The number of anilines is 1. The first-order chi connectivity index (χ1) is 15.2. The molecule has 1 heterocycles. The Balaban J connectivity index is 1.72. The van der Waals surface area contributed by atoms with Crippen LogP contribution in [-0.4, -0.2) is 24.5 Å². The molecule has 2 aliphatic rings. The fraction of sp³-hybridized carbons (Fsp3) is 0.480. The van der Waals surface area contributed by atoms with Gasteiger partial charge in [0, 0.05) is 28.2 Å². The van der Waals surface area contributed by atoms with Crippen molar-refractivity contribution in [1.29, 1.82) is 0 Å². The molecule has 4 unspecified atom stereocenters. The first kappa shape index (κ1) is 22.5. The van der Waals surface area contributed by atoms with E-state index in [0.29, 0.717) is 10.6 Å². The molecule has 4 rings (SSSR count). The Kier molecular flexibility index (Phi) is 6.12. The second-order valence-electron chi connectivity index (χ2n) is 8.95. The van der Waals surface area contributed by atoms with Crippen LogP contribution in [0.3, 0.4) is 0 Å². The zero-order chi connectivity index (χ0) is 23.2. The number of aryl methyl sites for hydroxylation is 3. The molecule has 1 amide bonds. The molecule has 32 heavy (non-hydrogen) atoms.